The first-order chi connectivity index (χ1) is 10.3. The minimum atomic E-state index is -0.833. The van der Waals surface area contributed by atoms with Gasteiger partial charge in [-0.25, -0.2) is 14.6 Å². The lowest BCUT2D eigenvalue weighted by atomic mass is 10.2. The number of imide groups is 1. The van der Waals surface area contributed by atoms with Crippen molar-refractivity contribution in [2.75, 3.05) is 4.90 Å². The maximum atomic E-state index is 12.5. The Hall–Kier alpha value is -1.63. The summed E-state index contributed by atoms with van der Waals surface area (Å²) < 4.78 is 11.4. The van der Waals surface area contributed by atoms with Gasteiger partial charge in [-0.05, 0) is 54.5 Å². The van der Waals surface area contributed by atoms with Crippen molar-refractivity contribution < 1.29 is 19.1 Å². The van der Waals surface area contributed by atoms with Gasteiger partial charge in [-0.1, -0.05) is 15.9 Å². The molecule has 128 valence electrons. The molecule has 0 fully saturated rings. The summed E-state index contributed by atoms with van der Waals surface area (Å²) in [5.74, 6) is 0.169. The smallest absolute Gasteiger partial charge is 0.425 e. The number of pyridine rings is 1. The van der Waals surface area contributed by atoms with Crippen molar-refractivity contribution >= 4 is 33.9 Å². The number of carbonyl (C=O) groups excluding carboxylic acids is 2. The number of anilines is 1. The summed E-state index contributed by atoms with van der Waals surface area (Å²) in [4.78, 5) is 29.9. The van der Waals surface area contributed by atoms with Crippen molar-refractivity contribution in [2.45, 2.75) is 59.7 Å². The monoisotopic (exact) mass is 386 g/mol. The van der Waals surface area contributed by atoms with Gasteiger partial charge in [0.1, 0.15) is 11.2 Å². The number of carbonyl (C=O) groups is 2. The normalized spacial score (nSPS) is 11.8. The molecule has 0 aliphatic rings. The van der Waals surface area contributed by atoms with Crippen molar-refractivity contribution in [3.8, 4) is 0 Å². The standard InChI is InChI=1S/C16H23BrN2O4/c1-10-11(17)8-9-18-12(10)19(13(20)22-15(2,3)4)14(21)23-16(5,6)7/h8-9H,1-7H3. The summed E-state index contributed by atoms with van der Waals surface area (Å²) in [6, 6.07) is 1.72. The van der Waals surface area contributed by atoms with Gasteiger partial charge in [0.2, 0.25) is 0 Å². The molecule has 0 bridgehead atoms. The molecule has 0 saturated heterocycles. The Bertz CT molecular complexity index is 575. The zero-order valence-electron chi connectivity index (χ0n) is 14.6. The van der Waals surface area contributed by atoms with E-state index in [2.05, 4.69) is 20.9 Å². The second kappa shape index (κ2) is 6.86. The van der Waals surface area contributed by atoms with Crippen molar-refractivity contribution in [1.82, 2.24) is 4.98 Å². The number of halogens is 1. The fourth-order valence-corrected chi connectivity index (χ4v) is 1.89. The van der Waals surface area contributed by atoms with E-state index < -0.39 is 23.4 Å². The van der Waals surface area contributed by atoms with Crippen molar-refractivity contribution in [2.24, 2.45) is 0 Å². The molecule has 2 amide bonds. The van der Waals surface area contributed by atoms with Gasteiger partial charge >= 0.3 is 12.2 Å². The molecule has 23 heavy (non-hydrogen) atoms. The highest BCUT2D eigenvalue weighted by molar-refractivity contribution is 9.10. The summed E-state index contributed by atoms with van der Waals surface area (Å²) >= 11 is 3.36. The van der Waals surface area contributed by atoms with Crippen LogP contribution in [0.15, 0.2) is 16.7 Å². The Kier molecular flexibility index (Phi) is 5.79. The van der Waals surface area contributed by atoms with Crippen molar-refractivity contribution in [3.63, 3.8) is 0 Å². The minimum absolute atomic E-state index is 0.169. The summed E-state index contributed by atoms with van der Waals surface area (Å²) in [6.45, 7) is 12.1. The van der Waals surface area contributed by atoms with E-state index in [1.54, 1.807) is 54.5 Å². The van der Waals surface area contributed by atoms with E-state index in [0.29, 0.717) is 5.56 Å². The molecular weight excluding hydrogens is 364 g/mol. The third-order valence-electron chi connectivity index (χ3n) is 2.48. The second-order valence-corrected chi connectivity index (χ2v) is 7.89. The third kappa shape index (κ3) is 5.82. The van der Waals surface area contributed by atoms with Gasteiger partial charge in [0.25, 0.3) is 0 Å². The average molecular weight is 387 g/mol. The Balaban J connectivity index is 3.29. The molecule has 6 nitrogen and oxygen atoms in total. The second-order valence-electron chi connectivity index (χ2n) is 7.04. The first-order valence-electron chi connectivity index (χ1n) is 7.19. The van der Waals surface area contributed by atoms with Crippen LogP contribution in [-0.4, -0.2) is 28.4 Å². The van der Waals surface area contributed by atoms with E-state index in [1.165, 1.54) is 6.20 Å². The van der Waals surface area contributed by atoms with Crippen LogP contribution in [0.1, 0.15) is 47.1 Å². The van der Waals surface area contributed by atoms with Gasteiger partial charge in [-0.15, -0.1) is 0 Å². The fourth-order valence-electron chi connectivity index (χ4n) is 1.59. The molecule has 1 aromatic rings. The van der Waals surface area contributed by atoms with E-state index in [4.69, 9.17) is 9.47 Å². The van der Waals surface area contributed by atoms with Gasteiger partial charge in [-0.2, -0.15) is 4.90 Å². The van der Waals surface area contributed by atoms with Gasteiger partial charge in [0.05, 0.1) is 0 Å². The van der Waals surface area contributed by atoms with E-state index in [-0.39, 0.29) is 5.82 Å². The number of aromatic nitrogens is 1. The number of hydrogen-bond acceptors (Lipinski definition) is 5. The topological polar surface area (TPSA) is 68.7 Å². The lowest BCUT2D eigenvalue weighted by Crippen LogP contribution is -2.44. The Morgan fingerprint density at radius 2 is 1.48 bits per heavy atom. The summed E-state index contributed by atoms with van der Waals surface area (Å²) in [6.07, 6.45) is -0.172. The van der Waals surface area contributed by atoms with Crippen LogP contribution in [0.2, 0.25) is 0 Å². The fraction of sp³-hybridized carbons (Fsp3) is 0.562. The van der Waals surface area contributed by atoms with E-state index in [0.717, 1.165) is 9.37 Å². The quantitative estimate of drug-likeness (QED) is 0.691. The molecule has 1 rings (SSSR count). The highest BCUT2D eigenvalue weighted by atomic mass is 79.9. The van der Waals surface area contributed by atoms with Crippen LogP contribution in [0.5, 0.6) is 0 Å². The molecule has 0 radical (unpaired) electrons. The van der Waals surface area contributed by atoms with Crippen LogP contribution in [-0.2, 0) is 9.47 Å². The third-order valence-corrected chi connectivity index (χ3v) is 3.33. The highest BCUT2D eigenvalue weighted by Gasteiger charge is 2.34. The molecule has 0 N–H and O–H groups in total. The predicted molar refractivity (Wildman–Crippen MR) is 91.6 cm³/mol. The van der Waals surface area contributed by atoms with Crippen LogP contribution in [0.3, 0.4) is 0 Å². The Morgan fingerprint density at radius 3 is 1.87 bits per heavy atom. The number of amides is 2. The Morgan fingerprint density at radius 1 is 1.04 bits per heavy atom. The maximum absolute atomic E-state index is 12.5. The van der Waals surface area contributed by atoms with Crippen LogP contribution in [0.25, 0.3) is 0 Å². The number of ether oxygens (including phenoxy) is 2. The molecule has 0 aliphatic carbocycles. The zero-order chi connectivity index (χ0) is 18.0. The van der Waals surface area contributed by atoms with Gasteiger partial charge < -0.3 is 9.47 Å². The molecule has 0 aromatic carbocycles. The minimum Gasteiger partial charge on any atom is -0.443 e. The molecule has 0 spiro atoms. The number of hydrogen-bond donors (Lipinski definition) is 0. The first-order valence-corrected chi connectivity index (χ1v) is 7.98. The molecule has 1 heterocycles. The highest BCUT2D eigenvalue weighted by Crippen LogP contribution is 2.27. The van der Waals surface area contributed by atoms with Gasteiger partial charge in [0, 0.05) is 16.2 Å². The molecule has 7 heteroatoms. The van der Waals surface area contributed by atoms with Crippen molar-refractivity contribution in [1.29, 1.82) is 0 Å². The molecule has 0 aliphatic heterocycles. The molecular formula is C16H23BrN2O4. The molecule has 1 aromatic heterocycles. The van der Waals surface area contributed by atoms with Crippen molar-refractivity contribution in [3.05, 3.63) is 22.3 Å². The Labute approximate surface area is 145 Å². The van der Waals surface area contributed by atoms with Crippen LogP contribution in [0.4, 0.5) is 15.4 Å². The van der Waals surface area contributed by atoms with Crippen LogP contribution >= 0.6 is 15.9 Å². The van der Waals surface area contributed by atoms with E-state index >= 15 is 0 Å². The largest absolute Gasteiger partial charge is 0.443 e. The van der Waals surface area contributed by atoms with Gasteiger partial charge in [0.15, 0.2) is 5.82 Å². The van der Waals surface area contributed by atoms with E-state index in [1.807, 2.05) is 0 Å². The maximum Gasteiger partial charge on any atom is 0.425 e. The lowest BCUT2D eigenvalue weighted by Gasteiger charge is -2.28. The number of rotatable bonds is 1. The zero-order valence-corrected chi connectivity index (χ0v) is 16.1. The molecule has 0 unspecified atom stereocenters. The number of nitrogens with zero attached hydrogens (tertiary/aromatic N) is 2. The first kappa shape index (κ1) is 19.4. The SMILES string of the molecule is Cc1c(Br)ccnc1N(C(=O)OC(C)(C)C)C(=O)OC(C)(C)C. The molecule has 0 atom stereocenters. The van der Waals surface area contributed by atoms with Crippen LogP contribution < -0.4 is 4.90 Å². The summed E-state index contributed by atoms with van der Waals surface area (Å²) in [5, 5.41) is 0. The lowest BCUT2D eigenvalue weighted by molar-refractivity contribution is 0.0428. The van der Waals surface area contributed by atoms with Crippen LogP contribution in [0, 0.1) is 6.92 Å². The molecule has 0 saturated carbocycles. The average Bonchev–Trinajstić information content (AvgIpc) is 2.30. The summed E-state index contributed by atoms with van der Waals surface area (Å²) in [5.41, 5.74) is -0.877. The summed E-state index contributed by atoms with van der Waals surface area (Å²) in [7, 11) is 0. The van der Waals surface area contributed by atoms with Gasteiger partial charge in [-0.3, -0.25) is 0 Å². The van der Waals surface area contributed by atoms with E-state index in [9.17, 15) is 9.59 Å². The predicted octanol–water partition coefficient (Wildman–Crippen LogP) is 4.83.